The number of carbonyl (C=O) groups excluding carboxylic acids is 1. The van der Waals surface area contributed by atoms with Crippen LogP contribution < -0.4 is 15.8 Å². The molecule has 92 valence electrons. The summed E-state index contributed by atoms with van der Waals surface area (Å²) in [5.74, 6) is 0.438. The van der Waals surface area contributed by atoms with E-state index in [2.05, 4.69) is 5.32 Å². The van der Waals surface area contributed by atoms with E-state index < -0.39 is 6.10 Å². The summed E-state index contributed by atoms with van der Waals surface area (Å²) in [6.45, 7) is 0.717. The number of anilines is 1. The van der Waals surface area contributed by atoms with Crippen molar-refractivity contribution in [2.24, 2.45) is 0 Å². The van der Waals surface area contributed by atoms with Gasteiger partial charge in [0.25, 0.3) is 5.91 Å². The summed E-state index contributed by atoms with van der Waals surface area (Å²) in [4.78, 5) is 11.7. The first-order valence-corrected chi connectivity index (χ1v) is 6.04. The maximum Gasteiger partial charge on any atom is 0.261 e. The highest BCUT2D eigenvalue weighted by molar-refractivity contribution is 6.30. The average Bonchev–Trinajstić information content (AvgIpc) is 2.48. The number of ether oxygens (including phenoxy) is 1. The molecule has 1 fully saturated rings. The van der Waals surface area contributed by atoms with E-state index in [0.717, 1.165) is 19.4 Å². The van der Waals surface area contributed by atoms with Gasteiger partial charge >= 0.3 is 0 Å². The lowest BCUT2D eigenvalue weighted by Crippen LogP contribution is -2.36. The first-order chi connectivity index (χ1) is 8.16. The molecule has 0 saturated carbocycles. The molecule has 17 heavy (non-hydrogen) atoms. The molecular weight excluding hydrogens is 240 g/mol. The number of hydrogen-bond donors (Lipinski definition) is 2. The largest absolute Gasteiger partial charge is 0.478 e. The molecule has 1 aliphatic heterocycles. The van der Waals surface area contributed by atoms with Gasteiger partial charge in [-0.1, -0.05) is 11.6 Å². The summed E-state index contributed by atoms with van der Waals surface area (Å²) in [6, 6.07) is 5.00. The first kappa shape index (κ1) is 12.0. The molecule has 0 aromatic heterocycles. The zero-order valence-electron chi connectivity index (χ0n) is 9.41. The van der Waals surface area contributed by atoms with Crippen molar-refractivity contribution in [2.75, 3.05) is 12.3 Å². The minimum Gasteiger partial charge on any atom is -0.478 e. The van der Waals surface area contributed by atoms with Gasteiger partial charge in [-0.25, -0.2) is 0 Å². The Morgan fingerprint density at radius 3 is 3.00 bits per heavy atom. The van der Waals surface area contributed by atoms with Crippen molar-refractivity contribution in [3.05, 3.63) is 23.2 Å². The predicted molar refractivity (Wildman–Crippen MR) is 67.1 cm³/mol. The Balaban J connectivity index is 2.10. The molecule has 1 aliphatic rings. The Hall–Kier alpha value is -1.42. The van der Waals surface area contributed by atoms with Gasteiger partial charge < -0.3 is 15.8 Å². The van der Waals surface area contributed by atoms with Crippen LogP contribution in [0.1, 0.15) is 19.3 Å². The molecular formula is C12H15ClN2O2. The molecule has 1 heterocycles. The molecule has 0 spiro atoms. The standard InChI is InChI=1S/C12H15ClN2O2/c13-8-4-5-10(9(14)7-8)17-11-3-1-2-6-15-12(11)16/h4-5,7,11H,1-3,6,14H2,(H,15,16). The Bertz CT molecular complexity index is 423. The zero-order chi connectivity index (χ0) is 12.3. The van der Waals surface area contributed by atoms with Gasteiger partial charge in [0, 0.05) is 11.6 Å². The molecule has 2 rings (SSSR count). The van der Waals surface area contributed by atoms with E-state index >= 15 is 0 Å². The van der Waals surface area contributed by atoms with Crippen LogP contribution in [0.3, 0.4) is 0 Å². The quantitative estimate of drug-likeness (QED) is 0.793. The van der Waals surface area contributed by atoms with Crippen molar-refractivity contribution < 1.29 is 9.53 Å². The molecule has 1 aromatic carbocycles. The van der Waals surface area contributed by atoms with Crippen molar-refractivity contribution in [1.29, 1.82) is 0 Å². The van der Waals surface area contributed by atoms with Crippen molar-refractivity contribution in [1.82, 2.24) is 5.32 Å². The van der Waals surface area contributed by atoms with E-state index in [1.807, 2.05) is 0 Å². The number of hydrogen-bond acceptors (Lipinski definition) is 3. The lowest BCUT2D eigenvalue weighted by Gasteiger charge is -2.17. The van der Waals surface area contributed by atoms with Crippen molar-refractivity contribution in [2.45, 2.75) is 25.4 Å². The van der Waals surface area contributed by atoms with Gasteiger partial charge in [-0.2, -0.15) is 0 Å². The second-order valence-corrected chi connectivity index (χ2v) is 4.51. The number of rotatable bonds is 2. The molecule has 1 saturated heterocycles. The molecule has 0 aliphatic carbocycles. The Morgan fingerprint density at radius 1 is 1.41 bits per heavy atom. The van der Waals surface area contributed by atoms with Crippen LogP contribution in [0.4, 0.5) is 5.69 Å². The van der Waals surface area contributed by atoms with Gasteiger partial charge in [0.15, 0.2) is 6.10 Å². The van der Waals surface area contributed by atoms with Crippen LogP contribution in [-0.4, -0.2) is 18.6 Å². The third-order valence-electron chi connectivity index (χ3n) is 2.73. The molecule has 1 unspecified atom stereocenters. The third-order valence-corrected chi connectivity index (χ3v) is 2.96. The summed E-state index contributed by atoms with van der Waals surface area (Å²) >= 11 is 5.80. The van der Waals surface area contributed by atoms with Gasteiger partial charge in [0.1, 0.15) is 5.75 Å². The highest BCUT2D eigenvalue weighted by Gasteiger charge is 2.22. The number of carbonyl (C=O) groups is 1. The molecule has 5 heteroatoms. The second-order valence-electron chi connectivity index (χ2n) is 4.08. The minimum atomic E-state index is -0.457. The van der Waals surface area contributed by atoms with Crippen LogP contribution in [0.25, 0.3) is 0 Å². The number of benzene rings is 1. The summed E-state index contributed by atoms with van der Waals surface area (Å²) in [7, 11) is 0. The molecule has 1 aromatic rings. The Morgan fingerprint density at radius 2 is 2.24 bits per heavy atom. The fraction of sp³-hybridized carbons (Fsp3) is 0.417. The van der Waals surface area contributed by atoms with Gasteiger partial charge in [-0.05, 0) is 37.5 Å². The topological polar surface area (TPSA) is 64.3 Å². The first-order valence-electron chi connectivity index (χ1n) is 5.66. The highest BCUT2D eigenvalue weighted by atomic mass is 35.5. The summed E-state index contributed by atoms with van der Waals surface area (Å²) in [6.07, 6.45) is 2.22. The van der Waals surface area contributed by atoms with E-state index in [1.54, 1.807) is 18.2 Å². The number of nitrogens with one attached hydrogen (secondary N) is 1. The smallest absolute Gasteiger partial charge is 0.261 e. The van der Waals surface area contributed by atoms with Gasteiger partial charge in [0.2, 0.25) is 0 Å². The maximum absolute atomic E-state index is 11.7. The fourth-order valence-electron chi connectivity index (χ4n) is 1.80. The zero-order valence-corrected chi connectivity index (χ0v) is 10.2. The molecule has 3 N–H and O–H groups in total. The Labute approximate surface area is 105 Å². The van der Waals surface area contributed by atoms with Gasteiger partial charge in [0.05, 0.1) is 5.69 Å². The minimum absolute atomic E-state index is 0.0724. The van der Waals surface area contributed by atoms with Gasteiger partial charge in [-0.3, -0.25) is 4.79 Å². The van der Waals surface area contributed by atoms with E-state index in [9.17, 15) is 4.79 Å². The monoisotopic (exact) mass is 254 g/mol. The fourth-order valence-corrected chi connectivity index (χ4v) is 1.98. The van der Waals surface area contributed by atoms with Crippen LogP contribution >= 0.6 is 11.6 Å². The number of amides is 1. The van der Waals surface area contributed by atoms with Crippen LogP contribution in [-0.2, 0) is 4.79 Å². The molecule has 1 atom stereocenters. The second kappa shape index (κ2) is 5.27. The van der Waals surface area contributed by atoms with Crippen molar-refractivity contribution in [3.8, 4) is 5.75 Å². The van der Waals surface area contributed by atoms with E-state index in [0.29, 0.717) is 22.9 Å². The summed E-state index contributed by atoms with van der Waals surface area (Å²) in [5.41, 5.74) is 6.24. The number of halogens is 1. The van der Waals surface area contributed by atoms with Gasteiger partial charge in [-0.15, -0.1) is 0 Å². The molecule has 0 bridgehead atoms. The normalized spacial score (nSPS) is 20.5. The average molecular weight is 255 g/mol. The third kappa shape index (κ3) is 3.03. The summed E-state index contributed by atoms with van der Waals surface area (Å²) < 4.78 is 5.64. The van der Waals surface area contributed by atoms with E-state index in [4.69, 9.17) is 22.1 Å². The molecule has 1 amide bonds. The molecule has 0 radical (unpaired) electrons. The lowest BCUT2D eigenvalue weighted by molar-refractivity contribution is -0.127. The Kier molecular flexibility index (Phi) is 3.74. The summed E-state index contributed by atoms with van der Waals surface area (Å²) in [5, 5.41) is 3.37. The van der Waals surface area contributed by atoms with Crippen molar-refractivity contribution >= 4 is 23.2 Å². The van der Waals surface area contributed by atoms with Crippen LogP contribution in [0.2, 0.25) is 5.02 Å². The van der Waals surface area contributed by atoms with E-state index in [-0.39, 0.29) is 5.91 Å². The van der Waals surface area contributed by atoms with Crippen LogP contribution in [0, 0.1) is 0 Å². The molecule has 4 nitrogen and oxygen atoms in total. The van der Waals surface area contributed by atoms with Crippen molar-refractivity contribution in [3.63, 3.8) is 0 Å². The highest BCUT2D eigenvalue weighted by Crippen LogP contribution is 2.27. The van der Waals surface area contributed by atoms with Crippen LogP contribution in [0.15, 0.2) is 18.2 Å². The number of nitrogens with two attached hydrogens (primary N) is 1. The predicted octanol–water partition coefficient (Wildman–Crippen LogP) is 1.97. The lowest BCUT2D eigenvalue weighted by atomic mass is 10.2. The van der Waals surface area contributed by atoms with E-state index in [1.165, 1.54) is 0 Å². The SMILES string of the molecule is Nc1cc(Cl)ccc1OC1CCCCNC1=O. The number of nitrogen functional groups attached to an aromatic ring is 1. The van der Waals surface area contributed by atoms with Crippen LogP contribution in [0.5, 0.6) is 5.75 Å². The maximum atomic E-state index is 11.7.